The Hall–Kier alpha value is 0. The summed E-state index contributed by atoms with van der Waals surface area (Å²) in [7, 11) is 0. The lowest BCUT2D eigenvalue weighted by Crippen LogP contribution is -2.16. The molecule has 0 heteroatoms. The number of rotatable bonds is 0. The molecule has 2 aliphatic carbocycles. The lowest BCUT2D eigenvalue weighted by Gasteiger charge is -2.26. The van der Waals surface area contributed by atoms with Gasteiger partial charge in [0.1, 0.15) is 0 Å². The van der Waals surface area contributed by atoms with Crippen molar-refractivity contribution in [3.8, 4) is 0 Å². The molecule has 0 atom stereocenters. The summed E-state index contributed by atoms with van der Waals surface area (Å²) >= 11 is 0. The molecule has 0 saturated heterocycles. The van der Waals surface area contributed by atoms with Crippen LogP contribution >= 0.6 is 0 Å². The average Bonchev–Trinajstić information content (AvgIpc) is 2.91. The van der Waals surface area contributed by atoms with Gasteiger partial charge in [0, 0.05) is 0 Å². The third-order valence-electron chi connectivity index (χ3n) is 5.16. The smallest absolute Gasteiger partial charge is 0.0354 e. The third kappa shape index (κ3) is 5.33. The Labute approximate surface area is 116 Å². The fourth-order valence-electron chi connectivity index (χ4n) is 3.58. The summed E-state index contributed by atoms with van der Waals surface area (Å²) in [4.78, 5) is 0. The molecule has 0 spiro atoms. The van der Waals surface area contributed by atoms with Gasteiger partial charge in [-0.15, -0.1) is 0 Å². The monoisotopic (exact) mass is 252 g/mol. The molecule has 108 valence electrons. The first kappa shape index (κ1) is 16.1. The van der Waals surface area contributed by atoms with Gasteiger partial charge in [0.2, 0.25) is 0 Å². The first-order valence-corrected chi connectivity index (χ1v) is 8.21. The molecule has 2 fully saturated rings. The topological polar surface area (TPSA) is 0 Å². The Bertz CT molecular complexity index is 187. The highest BCUT2D eigenvalue weighted by molar-refractivity contribution is 4.78. The zero-order valence-electron chi connectivity index (χ0n) is 13.8. The van der Waals surface area contributed by atoms with Crippen molar-refractivity contribution in [1.82, 2.24) is 0 Å². The van der Waals surface area contributed by atoms with Crippen LogP contribution in [0.4, 0.5) is 0 Å². The maximum atomic E-state index is 2.36. The van der Waals surface area contributed by atoms with Crippen LogP contribution in [0, 0.1) is 22.7 Å². The zero-order chi connectivity index (χ0) is 13.8. The molecule has 0 radical (unpaired) electrons. The standard InChI is InChI=1S/2C9H18/c2*1-9(2,3)8-6-4-5-7-8/h2*8H,4-7H2,1-3H3. The van der Waals surface area contributed by atoms with E-state index in [-0.39, 0.29) is 0 Å². The quantitative estimate of drug-likeness (QED) is 0.465. The first-order valence-electron chi connectivity index (χ1n) is 8.21. The molecule has 0 N–H and O–H groups in total. The minimum Gasteiger partial charge on any atom is -0.0599 e. The van der Waals surface area contributed by atoms with Gasteiger partial charge in [0.15, 0.2) is 0 Å². The van der Waals surface area contributed by atoms with E-state index in [2.05, 4.69) is 41.5 Å². The molecule has 2 rings (SSSR count). The fraction of sp³-hybridized carbons (Fsp3) is 1.00. The van der Waals surface area contributed by atoms with Crippen LogP contribution in [-0.2, 0) is 0 Å². The van der Waals surface area contributed by atoms with Crippen LogP contribution in [0.15, 0.2) is 0 Å². The molecular formula is C18H36. The molecule has 0 aliphatic heterocycles. The second-order valence-electron chi connectivity index (χ2n) is 8.69. The Morgan fingerprint density at radius 2 is 0.722 bits per heavy atom. The van der Waals surface area contributed by atoms with Crippen LogP contribution in [0.2, 0.25) is 0 Å². The first-order chi connectivity index (χ1) is 8.21. The maximum absolute atomic E-state index is 2.36. The van der Waals surface area contributed by atoms with E-state index in [0.29, 0.717) is 10.8 Å². The number of hydrogen-bond donors (Lipinski definition) is 0. The van der Waals surface area contributed by atoms with Gasteiger partial charge in [-0.1, -0.05) is 67.2 Å². The molecule has 18 heavy (non-hydrogen) atoms. The second kappa shape index (κ2) is 6.44. The van der Waals surface area contributed by atoms with Gasteiger partial charge in [-0.3, -0.25) is 0 Å². The summed E-state index contributed by atoms with van der Waals surface area (Å²) in [6.07, 6.45) is 11.8. The van der Waals surface area contributed by atoms with Crippen LogP contribution in [0.5, 0.6) is 0 Å². The predicted molar refractivity (Wildman–Crippen MR) is 82.8 cm³/mol. The number of hydrogen-bond acceptors (Lipinski definition) is 0. The van der Waals surface area contributed by atoms with E-state index in [1.807, 2.05) is 0 Å². The van der Waals surface area contributed by atoms with Crippen molar-refractivity contribution < 1.29 is 0 Å². The van der Waals surface area contributed by atoms with Gasteiger partial charge < -0.3 is 0 Å². The van der Waals surface area contributed by atoms with Crippen molar-refractivity contribution in [1.29, 1.82) is 0 Å². The van der Waals surface area contributed by atoms with Gasteiger partial charge in [-0.2, -0.15) is 0 Å². The molecule has 0 nitrogen and oxygen atoms in total. The molecule has 2 saturated carbocycles. The van der Waals surface area contributed by atoms with E-state index in [4.69, 9.17) is 0 Å². The Kier molecular flexibility index (Phi) is 5.74. The Morgan fingerprint density at radius 3 is 0.833 bits per heavy atom. The van der Waals surface area contributed by atoms with Crippen molar-refractivity contribution in [2.45, 2.75) is 92.9 Å². The summed E-state index contributed by atoms with van der Waals surface area (Å²) in [5.74, 6) is 2.02. The van der Waals surface area contributed by atoms with Crippen LogP contribution in [-0.4, -0.2) is 0 Å². The molecule has 0 amide bonds. The van der Waals surface area contributed by atoms with Crippen LogP contribution in [0.1, 0.15) is 92.9 Å². The molecule has 0 heterocycles. The van der Waals surface area contributed by atoms with Gasteiger partial charge in [-0.05, 0) is 48.3 Å². The molecule has 2 aliphatic rings. The van der Waals surface area contributed by atoms with Gasteiger partial charge in [0.25, 0.3) is 0 Å². The average molecular weight is 252 g/mol. The summed E-state index contributed by atoms with van der Waals surface area (Å²) in [5.41, 5.74) is 1.16. The molecule has 0 aromatic rings. The van der Waals surface area contributed by atoms with Gasteiger partial charge >= 0.3 is 0 Å². The lowest BCUT2D eigenvalue weighted by atomic mass is 9.80. The van der Waals surface area contributed by atoms with E-state index < -0.39 is 0 Å². The summed E-state index contributed by atoms with van der Waals surface area (Å²) < 4.78 is 0. The zero-order valence-corrected chi connectivity index (χ0v) is 13.8. The van der Waals surface area contributed by atoms with Crippen molar-refractivity contribution >= 4 is 0 Å². The molecular weight excluding hydrogens is 216 g/mol. The molecule has 0 unspecified atom stereocenters. The van der Waals surface area contributed by atoms with Crippen molar-refractivity contribution in [3.63, 3.8) is 0 Å². The summed E-state index contributed by atoms with van der Waals surface area (Å²) in [5, 5.41) is 0. The van der Waals surface area contributed by atoms with E-state index in [9.17, 15) is 0 Å². The van der Waals surface area contributed by atoms with E-state index in [1.165, 1.54) is 51.4 Å². The predicted octanol–water partition coefficient (Wildman–Crippen LogP) is 6.45. The third-order valence-corrected chi connectivity index (χ3v) is 5.16. The van der Waals surface area contributed by atoms with Crippen LogP contribution < -0.4 is 0 Å². The van der Waals surface area contributed by atoms with Crippen LogP contribution in [0.25, 0.3) is 0 Å². The molecule has 0 aromatic heterocycles. The van der Waals surface area contributed by atoms with E-state index in [0.717, 1.165) is 11.8 Å². The Morgan fingerprint density at radius 1 is 0.500 bits per heavy atom. The van der Waals surface area contributed by atoms with E-state index >= 15 is 0 Å². The SMILES string of the molecule is CC(C)(C)C1CCCC1.CC(C)(C)C1CCCC1. The Balaban J connectivity index is 0.000000180. The molecule has 0 bridgehead atoms. The highest BCUT2D eigenvalue weighted by Crippen LogP contribution is 2.39. The largest absolute Gasteiger partial charge is 0.0599 e. The second-order valence-corrected chi connectivity index (χ2v) is 8.69. The maximum Gasteiger partial charge on any atom is -0.0354 e. The highest BCUT2D eigenvalue weighted by Gasteiger charge is 2.27. The lowest BCUT2D eigenvalue weighted by molar-refractivity contribution is 0.246. The van der Waals surface area contributed by atoms with Gasteiger partial charge in [0.05, 0.1) is 0 Å². The van der Waals surface area contributed by atoms with Crippen molar-refractivity contribution in [2.75, 3.05) is 0 Å². The molecule has 0 aromatic carbocycles. The summed E-state index contributed by atoms with van der Waals surface area (Å²) in [6, 6.07) is 0. The van der Waals surface area contributed by atoms with Crippen molar-refractivity contribution in [2.24, 2.45) is 22.7 Å². The minimum atomic E-state index is 0.580. The highest BCUT2D eigenvalue weighted by atomic mass is 14.3. The minimum absolute atomic E-state index is 0.580. The fourth-order valence-corrected chi connectivity index (χ4v) is 3.58. The summed E-state index contributed by atoms with van der Waals surface area (Å²) in [6.45, 7) is 14.2. The van der Waals surface area contributed by atoms with E-state index in [1.54, 1.807) is 0 Å². The van der Waals surface area contributed by atoms with Crippen molar-refractivity contribution in [3.05, 3.63) is 0 Å². The normalized spacial score (nSPS) is 23.0. The van der Waals surface area contributed by atoms with Crippen LogP contribution in [0.3, 0.4) is 0 Å². The van der Waals surface area contributed by atoms with Gasteiger partial charge in [-0.25, -0.2) is 0 Å².